The third-order valence-corrected chi connectivity index (χ3v) is 2.46. The fraction of sp³-hybridized carbons (Fsp3) is 0.545. The van der Waals surface area contributed by atoms with Crippen molar-refractivity contribution >= 4 is 0 Å². The molecule has 1 fully saturated rings. The molecule has 1 aliphatic heterocycles. The molecule has 2 heterocycles. The van der Waals surface area contributed by atoms with E-state index in [1.54, 1.807) is 6.20 Å². The Bertz CT molecular complexity index is 331. The maximum atomic E-state index is 5.61. The maximum Gasteiger partial charge on any atom is 0.0770 e. The molecule has 0 spiro atoms. The highest BCUT2D eigenvalue weighted by Gasteiger charge is 2.14. The molecule has 0 amide bonds. The summed E-state index contributed by atoms with van der Waals surface area (Å²) in [6, 6.07) is 0. The molecule has 0 radical (unpaired) electrons. The van der Waals surface area contributed by atoms with E-state index in [1.807, 2.05) is 10.9 Å². The molecular weight excluding hydrogens is 176 g/mol. The van der Waals surface area contributed by atoms with E-state index in [0.717, 1.165) is 25.1 Å². The van der Waals surface area contributed by atoms with Gasteiger partial charge in [0.25, 0.3) is 0 Å². The molecule has 0 bridgehead atoms. The summed E-state index contributed by atoms with van der Waals surface area (Å²) in [5.41, 5.74) is 0.834. The molecule has 1 aromatic heterocycles. The van der Waals surface area contributed by atoms with Crippen molar-refractivity contribution in [1.82, 2.24) is 9.78 Å². The van der Waals surface area contributed by atoms with Crippen LogP contribution in [0.15, 0.2) is 12.4 Å². The van der Waals surface area contributed by atoms with Crippen LogP contribution in [0.2, 0.25) is 0 Å². The van der Waals surface area contributed by atoms with Crippen molar-refractivity contribution in [1.29, 1.82) is 0 Å². The summed E-state index contributed by atoms with van der Waals surface area (Å²) in [6.07, 6.45) is 12.7. The molecule has 1 aliphatic rings. The quantitative estimate of drug-likeness (QED) is 0.660. The molecule has 2 rings (SSSR count). The second-order valence-electron chi connectivity index (χ2n) is 3.58. The highest BCUT2D eigenvalue weighted by molar-refractivity contribution is 5.26. The topological polar surface area (TPSA) is 27.1 Å². The van der Waals surface area contributed by atoms with Gasteiger partial charge < -0.3 is 4.74 Å². The van der Waals surface area contributed by atoms with Crippen LogP contribution in [0, 0.1) is 12.3 Å². The van der Waals surface area contributed by atoms with E-state index in [2.05, 4.69) is 11.0 Å². The lowest BCUT2D eigenvalue weighted by molar-refractivity contribution is 0.00399. The number of nitrogens with zero attached hydrogens (tertiary/aromatic N) is 2. The second-order valence-corrected chi connectivity index (χ2v) is 3.58. The largest absolute Gasteiger partial charge is 0.376 e. The van der Waals surface area contributed by atoms with Gasteiger partial charge in [-0.3, -0.25) is 4.68 Å². The normalized spacial score (nSPS) is 21.8. The van der Waals surface area contributed by atoms with Gasteiger partial charge in [0.15, 0.2) is 0 Å². The molecule has 3 heteroatoms. The summed E-state index contributed by atoms with van der Waals surface area (Å²) in [6.45, 7) is 1.70. The van der Waals surface area contributed by atoms with Gasteiger partial charge in [-0.1, -0.05) is 5.92 Å². The van der Waals surface area contributed by atoms with Crippen molar-refractivity contribution in [2.75, 3.05) is 6.61 Å². The minimum Gasteiger partial charge on any atom is -0.376 e. The van der Waals surface area contributed by atoms with E-state index in [0.29, 0.717) is 6.10 Å². The first-order valence-corrected chi connectivity index (χ1v) is 4.99. The Kier molecular flexibility index (Phi) is 2.85. The van der Waals surface area contributed by atoms with Crippen molar-refractivity contribution in [3.63, 3.8) is 0 Å². The van der Waals surface area contributed by atoms with Crippen LogP contribution >= 0.6 is 0 Å². The third-order valence-electron chi connectivity index (χ3n) is 2.46. The van der Waals surface area contributed by atoms with Crippen LogP contribution < -0.4 is 0 Å². The lowest BCUT2D eigenvalue weighted by Gasteiger charge is -2.22. The maximum absolute atomic E-state index is 5.61. The highest BCUT2D eigenvalue weighted by Crippen LogP contribution is 2.14. The van der Waals surface area contributed by atoms with E-state index in [-0.39, 0.29) is 0 Å². The van der Waals surface area contributed by atoms with Crippen LogP contribution in [0.25, 0.3) is 0 Å². The first kappa shape index (κ1) is 9.29. The van der Waals surface area contributed by atoms with E-state index >= 15 is 0 Å². The number of hydrogen-bond donors (Lipinski definition) is 0. The standard InChI is InChI=1S/C11H14N2O/c1-2-10-7-12-13(8-10)9-11-5-3-4-6-14-11/h1,7-8,11H,3-6,9H2/t11-/m1/s1. The molecule has 0 aromatic carbocycles. The number of aromatic nitrogens is 2. The molecule has 74 valence electrons. The Morgan fingerprint density at radius 2 is 2.57 bits per heavy atom. The van der Waals surface area contributed by atoms with E-state index in [1.165, 1.54) is 12.8 Å². The highest BCUT2D eigenvalue weighted by atomic mass is 16.5. The van der Waals surface area contributed by atoms with Gasteiger partial charge in [0.05, 0.1) is 24.4 Å². The average Bonchev–Trinajstić information content (AvgIpc) is 2.67. The number of rotatable bonds is 2. The summed E-state index contributed by atoms with van der Waals surface area (Å²) in [5, 5.41) is 4.18. The molecule has 0 saturated carbocycles. The number of hydrogen-bond acceptors (Lipinski definition) is 2. The summed E-state index contributed by atoms with van der Waals surface area (Å²) in [7, 11) is 0. The van der Waals surface area contributed by atoms with Gasteiger partial charge in [0.2, 0.25) is 0 Å². The van der Waals surface area contributed by atoms with Gasteiger partial charge in [-0.2, -0.15) is 5.10 Å². The fourth-order valence-electron chi connectivity index (χ4n) is 1.70. The minimum atomic E-state index is 0.314. The molecule has 14 heavy (non-hydrogen) atoms. The summed E-state index contributed by atoms with van der Waals surface area (Å²) in [4.78, 5) is 0. The van der Waals surface area contributed by atoms with E-state index < -0.39 is 0 Å². The molecular formula is C11H14N2O. The Morgan fingerprint density at radius 1 is 1.64 bits per heavy atom. The van der Waals surface area contributed by atoms with Crippen molar-refractivity contribution in [2.45, 2.75) is 31.9 Å². The van der Waals surface area contributed by atoms with Crippen LogP contribution in [-0.2, 0) is 11.3 Å². The molecule has 1 atom stereocenters. The first-order chi connectivity index (χ1) is 6.88. The predicted octanol–water partition coefficient (Wildman–Crippen LogP) is 1.43. The van der Waals surface area contributed by atoms with Crippen molar-refractivity contribution in [3.05, 3.63) is 18.0 Å². The van der Waals surface area contributed by atoms with Crippen molar-refractivity contribution in [2.24, 2.45) is 0 Å². The molecule has 0 N–H and O–H groups in total. The molecule has 0 unspecified atom stereocenters. The van der Waals surface area contributed by atoms with Gasteiger partial charge in [-0.15, -0.1) is 6.42 Å². The molecule has 0 aliphatic carbocycles. The fourth-order valence-corrected chi connectivity index (χ4v) is 1.70. The monoisotopic (exact) mass is 190 g/mol. The van der Waals surface area contributed by atoms with Gasteiger partial charge in [-0.25, -0.2) is 0 Å². The van der Waals surface area contributed by atoms with Crippen LogP contribution in [0.1, 0.15) is 24.8 Å². The van der Waals surface area contributed by atoms with Crippen LogP contribution in [0.4, 0.5) is 0 Å². The van der Waals surface area contributed by atoms with Crippen LogP contribution in [0.5, 0.6) is 0 Å². The Balaban J connectivity index is 1.93. The number of ether oxygens (including phenoxy) is 1. The second kappa shape index (κ2) is 4.30. The average molecular weight is 190 g/mol. The van der Waals surface area contributed by atoms with E-state index in [4.69, 9.17) is 11.2 Å². The van der Waals surface area contributed by atoms with Gasteiger partial charge in [0.1, 0.15) is 0 Å². The lowest BCUT2D eigenvalue weighted by Crippen LogP contribution is -2.24. The number of terminal acetylenes is 1. The lowest BCUT2D eigenvalue weighted by atomic mass is 10.1. The zero-order valence-corrected chi connectivity index (χ0v) is 8.15. The summed E-state index contributed by atoms with van der Waals surface area (Å²) in [5.74, 6) is 2.56. The summed E-state index contributed by atoms with van der Waals surface area (Å²) >= 11 is 0. The van der Waals surface area contributed by atoms with Crippen LogP contribution in [-0.4, -0.2) is 22.5 Å². The van der Waals surface area contributed by atoms with E-state index in [9.17, 15) is 0 Å². The van der Waals surface area contributed by atoms with Gasteiger partial charge >= 0.3 is 0 Å². The third kappa shape index (κ3) is 2.15. The van der Waals surface area contributed by atoms with Gasteiger partial charge in [-0.05, 0) is 19.3 Å². The smallest absolute Gasteiger partial charge is 0.0770 e. The predicted molar refractivity (Wildman–Crippen MR) is 53.8 cm³/mol. The Hall–Kier alpha value is -1.27. The zero-order chi connectivity index (χ0) is 9.80. The Morgan fingerprint density at radius 3 is 3.21 bits per heavy atom. The van der Waals surface area contributed by atoms with Crippen molar-refractivity contribution in [3.8, 4) is 12.3 Å². The zero-order valence-electron chi connectivity index (χ0n) is 8.15. The molecule has 1 saturated heterocycles. The molecule has 1 aromatic rings. The van der Waals surface area contributed by atoms with Gasteiger partial charge in [0, 0.05) is 12.8 Å². The molecule has 3 nitrogen and oxygen atoms in total. The summed E-state index contributed by atoms with van der Waals surface area (Å²) < 4.78 is 7.48. The van der Waals surface area contributed by atoms with Crippen molar-refractivity contribution < 1.29 is 4.74 Å². The minimum absolute atomic E-state index is 0.314. The Labute approximate surface area is 84.1 Å². The first-order valence-electron chi connectivity index (χ1n) is 4.99. The SMILES string of the molecule is C#Cc1cnn(C[C@H]2CCCCO2)c1. The van der Waals surface area contributed by atoms with Crippen LogP contribution in [0.3, 0.4) is 0 Å².